The molecule has 0 aromatic rings. The first kappa shape index (κ1) is 15.9. The fourth-order valence-corrected chi connectivity index (χ4v) is 2.74. The fourth-order valence-electron chi connectivity index (χ4n) is 1.23. The molecule has 0 bridgehead atoms. The van der Waals surface area contributed by atoms with Crippen LogP contribution < -0.4 is 0 Å². The van der Waals surface area contributed by atoms with Crippen molar-refractivity contribution < 1.29 is 5.11 Å². The Kier molecular flexibility index (Phi) is 5.02. The molecule has 0 amide bonds. The third kappa shape index (κ3) is 4.83. The molecule has 2 heteroatoms. The fraction of sp³-hybridized carbons (Fsp3) is 0.857. The third-order valence-electron chi connectivity index (χ3n) is 3.72. The molecule has 0 aliphatic carbocycles. The highest BCUT2D eigenvalue weighted by Crippen LogP contribution is 2.38. The van der Waals surface area contributed by atoms with Crippen molar-refractivity contribution in [2.75, 3.05) is 0 Å². The predicted molar refractivity (Wildman–Crippen MR) is 76.4 cm³/mol. The average Bonchev–Trinajstić information content (AvgIpc) is 1.99. The van der Waals surface area contributed by atoms with Crippen molar-refractivity contribution in [2.45, 2.75) is 71.8 Å². The van der Waals surface area contributed by atoms with Gasteiger partial charge in [-0.2, -0.15) is 0 Å². The predicted octanol–water partition coefficient (Wildman–Crippen LogP) is 4.39. The quantitative estimate of drug-likeness (QED) is 0.575. The van der Waals surface area contributed by atoms with Crippen LogP contribution in [0.1, 0.15) is 48.0 Å². The molecule has 1 unspecified atom stereocenters. The van der Waals surface area contributed by atoms with Crippen molar-refractivity contribution >= 4 is 8.07 Å². The Hall–Kier alpha value is -0.0831. The Morgan fingerprint density at radius 3 is 1.81 bits per heavy atom. The van der Waals surface area contributed by atoms with Gasteiger partial charge in [0.2, 0.25) is 0 Å². The normalized spacial score (nSPS) is 16.8. The Balaban J connectivity index is 4.53. The standard InChI is InChI=1S/C14H30OSi/c1-13(2,3)11-9-10-12(15)16(7,8)14(4,5)6/h9-10,12,15H,11H2,1-8H3/b10-9+. The van der Waals surface area contributed by atoms with Gasteiger partial charge in [0.05, 0.1) is 13.8 Å². The van der Waals surface area contributed by atoms with E-state index in [4.69, 9.17) is 0 Å². The monoisotopic (exact) mass is 242 g/mol. The molecule has 96 valence electrons. The second-order valence-corrected chi connectivity index (χ2v) is 13.1. The number of rotatable bonds is 3. The lowest BCUT2D eigenvalue weighted by Crippen LogP contribution is -2.48. The smallest absolute Gasteiger partial charge is 0.0914 e. The molecule has 0 aromatic carbocycles. The number of hydrogen-bond acceptors (Lipinski definition) is 1. The van der Waals surface area contributed by atoms with E-state index in [1.807, 2.05) is 6.08 Å². The molecule has 0 saturated heterocycles. The SMILES string of the molecule is CC(C)(C)C/C=C/C(O)[Si](C)(C)C(C)(C)C. The van der Waals surface area contributed by atoms with E-state index in [9.17, 15) is 5.11 Å². The van der Waals surface area contributed by atoms with Crippen LogP contribution in [-0.4, -0.2) is 18.9 Å². The molecule has 0 rings (SSSR count). The van der Waals surface area contributed by atoms with E-state index in [-0.39, 0.29) is 10.8 Å². The maximum Gasteiger partial charge on any atom is 0.0914 e. The average molecular weight is 242 g/mol. The lowest BCUT2D eigenvalue weighted by Gasteiger charge is -2.39. The largest absolute Gasteiger partial charge is 0.393 e. The summed E-state index contributed by atoms with van der Waals surface area (Å²) >= 11 is 0. The van der Waals surface area contributed by atoms with Gasteiger partial charge >= 0.3 is 0 Å². The highest BCUT2D eigenvalue weighted by molar-refractivity contribution is 6.81. The summed E-state index contributed by atoms with van der Waals surface area (Å²) in [6.07, 6.45) is 5.19. The summed E-state index contributed by atoms with van der Waals surface area (Å²) in [7, 11) is -1.64. The van der Waals surface area contributed by atoms with Crippen LogP contribution in [0.25, 0.3) is 0 Å². The minimum absolute atomic E-state index is 0.235. The molecule has 0 spiro atoms. The number of allylic oxidation sites excluding steroid dienone is 1. The van der Waals surface area contributed by atoms with Gasteiger partial charge in [0.25, 0.3) is 0 Å². The molecular formula is C14H30OSi. The minimum Gasteiger partial charge on any atom is -0.393 e. The highest BCUT2D eigenvalue weighted by atomic mass is 28.3. The van der Waals surface area contributed by atoms with Gasteiger partial charge in [-0.05, 0) is 16.9 Å². The van der Waals surface area contributed by atoms with Crippen molar-refractivity contribution in [1.29, 1.82) is 0 Å². The van der Waals surface area contributed by atoms with Gasteiger partial charge in [-0.1, -0.05) is 66.8 Å². The van der Waals surface area contributed by atoms with E-state index in [2.05, 4.69) is 60.7 Å². The Morgan fingerprint density at radius 2 is 1.50 bits per heavy atom. The second-order valence-electron chi connectivity index (χ2n) is 7.61. The van der Waals surface area contributed by atoms with Crippen molar-refractivity contribution in [3.8, 4) is 0 Å². The molecular weight excluding hydrogens is 212 g/mol. The van der Waals surface area contributed by atoms with Crippen LogP contribution in [0.5, 0.6) is 0 Å². The van der Waals surface area contributed by atoms with E-state index in [1.54, 1.807) is 0 Å². The summed E-state index contributed by atoms with van der Waals surface area (Å²) in [6, 6.07) is 0. The van der Waals surface area contributed by atoms with Crippen LogP contribution >= 0.6 is 0 Å². The summed E-state index contributed by atoms with van der Waals surface area (Å²) in [5, 5.41) is 10.5. The van der Waals surface area contributed by atoms with E-state index in [0.29, 0.717) is 5.41 Å². The van der Waals surface area contributed by atoms with Crippen LogP contribution in [0.4, 0.5) is 0 Å². The van der Waals surface area contributed by atoms with E-state index < -0.39 is 8.07 Å². The van der Waals surface area contributed by atoms with E-state index >= 15 is 0 Å². The molecule has 16 heavy (non-hydrogen) atoms. The van der Waals surface area contributed by atoms with Crippen LogP contribution in [-0.2, 0) is 0 Å². The molecule has 0 heterocycles. The van der Waals surface area contributed by atoms with Gasteiger partial charge in [-0.15, -0.1) is 0 Å². The van der Waals surface area contributed by atoms with Crippen LogP contribution in [0.2, 0.25) is 18.1 Å². The van der Waals surface area contributed by atoms with Gasteiger partial charge in [0, 0.05) is 0 Å². The van der Waals surface area contributed by atoms with Crippen molar-refractivity contribution in [1.82, 2.24) is 0 Å². The Morgan fingerprint density at radius 1 is 1.06 bits per heavy atom. The first-order valence-electron chi connectivity index (χ1n) is 6.23. The summed E-state index contributed by atoms with van der Waals surface area (Å²) in [5.41, 5.74) is 0.0683. The van der Waals surface area contributed by atoms with Crippen LogP contribution in [0.15, 0.2) is 12.2 Å². The molecule has 0 aliphatic rings. The van der Waals surface area contributed by atoms with Gasteiger partial charge < -0.3 is 5.11 Å². The lowest BCUT2D eigenvalue weighted by molar-refractivity contribution is 0.283. The zero-order valence-electron chi connectivity index (χ0n) is 12.4. The van der Waals surface area contributed by atoms with Gasteiger partial charge in [0.15, 0.2) is 0 Å². The number of aliphatic hydroxyl groups is 1. The number of aliphatic hydroxyl groups excluding tert-OH is 1. The van der Waals surface area contributed by atoms with Gasteiger partial charge in [0.1, 0.15) is 0 Å². The van der Waals surface area contributed by atoms with E-state index in [1.165, 1.54) is 0 Å². The molecule has 0 aliphatic heterocycles. The van der Waals surface area contributed by atoms with E-state index in [0.717, 1.165) is 6.42 Å². The maximum atomic E-state index is 10.3. The Labute approximate surface area is 103 Å². The molecule has 0 radical (unpaired) electrons. The minimum atomic E-state index is -1.64. The van der Waals surface area contributed by atoms with Crippen LogP contribution in [0, 0.1) is 5.41 Å². The topological polar surface area (TPSA) is 20.2 Å². The van der Waals surface area contributed by atoms with Gasteiger partial charge in [-0.3, -0.25) is 0 Å². The molecule has 1 N–H and O–H groups in total. The summed E-state index contributed by atoms with van der Waals surface area (Å²) in [5.74, 6) is 0. The molecule has 1 atom stereocenters. The second kappa shape index (κ2) is 5.05. The summed E-state index contributed by atoms with van der Waals surface area (Å²) in [4.78, 5) is 0. The van der Waals surface area contributed by atoms with Crippen molar-refractivity contribution in [3.05, 3.63) is 12.2 Å². The van der Waals surface area contributed by atoms with Crippen LogP contribution in [0.3, 0.4) is 0 Å². The molecule has 0 fully saturated rings. The first-order valence-corrected chi connectivity index (χ1v) is 9.30. The highest BCUT2D eigenvalue weighted by Gasteiger charge is 2.40. The maximum absolute atomic E-state index is 10.3. The zero-order valence-corrected chi connectivity index (χ0v) is 13.4. The lowest BCUT2D eigenvalue weighted by atomic mass is 9.92. The number of hydrogen-bond donors (Lipinski definition) is 1. The third-order valence-corrected chi connectivity index (χ3v) is 9.26. The molecule has 0 saturated carbocycles. The summed E-state index contributed by atoms with van der Waals surface area (Å²) < 4.78 is 0. The summed E-state index contributed by atoms with van der Waals surface area (Å²) in [6.45, 7) is 17.9. The molecule has 0 aromatic heterocycles. The molecule has 1 nitrogen and oxygen atoms in total. The van der Waals surface area contributed by atoms with Crippen molar-refractivity contribution in [3.63, 3.8) is 0 Å². The van der Waals surface area contributed by atoms with Crippen molar-refractivity contribution in [2.24, 2.45) is 5.41 Å². The Bertz CT molecular complexity index is 240. The van der Waals surface area contributed by atoms with Gasteiger partial charge in [-0.25, -0.2) is 0 Å². The zero-order chi connectivity index (χ0) is 13.2. The first-order chi connectivity index (χ1) is 6.88.